The molecule has 0 amide bonds. The highest BCUT2D eigenvalue weighted by Gasteiger charge is 2.26. The molecular weight excluding hydrogens is 377 g/mol. The molecule has 2 heterocycles. The minimum atomic E-state index is -2.91. The van der Waals surface area contributed by atoms with Crippen molar-refractivity contribution < 1.29 is 8.78 Å². The fraction of sp³-hybridized carbons (Fsp3) is 0.333. The first kappa shape index (κ1) is 19.0. The second-order valence-corrected chi connectivity index (χ2v) is 7.71. The first-order chi connectivity index (χ1) is 13.5. The van der Waals surface area contributed by atoms with Crippen molar-refractivity contribution in [2.24, 2.45) is 0 Å². The first-order valence-corrected chi connectivity index (χ1v) is 10.1. The molecule has 0 N–H and O–H groups in total. The number of fused-ring (bicyclic) bond motifs is 1. The van der Waals surface area contributed by atoms with Gasteiger partial charge in [-0.2, -0.15) is 8.78 Å². The van der Waals surface area contributed by atoms with Crippen molar-refractivity contribution in [2.75, 3.05) is 36.0 Å². The van der Waals surface area contributed by atoms with Crippen LogP contribution < -0.4 is 9.80 Å². The zero-order valence-corrected chi connectivity index (χ0v) is 16.9. The highest BCUT2D eigenvalue weighted by molar-refractivity contribution is 7.17. The predicted octanol–water partition coefficient (Wildman–Crippen LogP) is 4.44. The smallest absolute Gasteiger partial charge is 0.283 e. The highest BCUT2D eigenvalue weighted by atomic mass is 31.0. The van der Waals surface area contributed by atoms with E-state index in [2.05, 4.69) is 27.8 Å². The predicted molar refractivity (Wildman–Crippen MR) is 113 cm³/mol. The lowest BCUT2D eigenvalue weighted by Gasteiger charge is -2.37. The van der Waals surface area contributed by atoms with Crippen LogP contribution >= 0.6 is 9.24 Å². The summed E-state index contributed by atoms with van der Waals surface area (Å²) in [6, 6.07) is 14.7. The van der Waals surface area contributed by atoms with E-state index in [1.165, 1.54) is 6.07 Å². The van der Waals surface area contributed by atoms with Crippen LogP contribution in [0.2, 0.25) is 0 Å². The summed E-state index contributed by atoms with van der Waals surface area (Å²) < 4.78 is 27.3. The fourth-order valence-electron chi connectivity index (χ4n) is 3.59. The molecule has 3 aromatic rings. The minimum Gasteiger partial charge on any atom is -0.368 e. The molecule has 0 bridgehead atoms. The third-order valence-electron chi connectivity index (χ3n) is 5.12. The van der Waals surface area contributed by atoms with Gasteiger partial charge in [0, 0.05) is 49.2 Å². The summed E-state index contributed by atoms with van der Waals surface area (Å²) in [7, 11) is 1.61. The van der Waals surface area contributed by atoms with E-state index in [0.29, 0.717) is 0 Å². The Morgan fingerprint density at radius 1 is 0.964 bits per heavy atom. The number of rotatable bonds is 4. The molecule has 28 heavy (non-hydrogen) atoms. The van der Waals surface area contributed by atoms with Gasteiger partial charge >= 0.3 is 0 Å². The average molecular weight is 400 g/mol. The molecule has 1 aliphatic heterocycles. The van der Waals surface area contributed by atoms with Gasteiger partial charge in [-0.15, -0.1) is 0 Å². The van der Waals surface area contributed by atoms with Crippen LogP contribution in [0.3, 0.4) is 0 Å². The molecule has 4 rings (SSSR count). The summed E-state index contributed by atoms with van der Waals surface area (Å²) in [6.07, 6.45) is 0.786. The maximum Gasteiger partial charge on any atom is 0.283 e. The van der Waals surface area contributed by atoms with Gasteiger partial charge in [0.1, 0.15) is 11.6 Å². The summed E-state index contributed by atoms with van der Waals surface area (Å²) in [5, 5.41) is 1.05. The summed E-state index contributed by atoms with van der Waals surface area (Å²) in [6.45, 7) is 5.13. The monoisotopic (exact) mass is 400 g/mol. The molecule has 4 nitrogen and oxygen atoms in total. The number of benzene rings is 2. The van der Waals surface area contributed by atoms with Gasteiger partial charge < -0.3 is 9.80 Å². The van der Waals surface area contributed by atoms with Crippen molar-refractivity contribution in [3.05, 3.63) is 59.9 Å². The Morgan fingerprint density at radius 2 is 1.68 bits per heavy atom. The number of hydrogen-bond donors (Lipinski definition) is 0. The van der Waals surface area contributed by atoms with Crippen LogP contribution in [0.5, 0.6) is 0 Å². The van der Waals surface area contributed by atoms with E-state index in [1.807, 2.05) is 24.3 Å². The van der Waals surface area contributed by atoms with Crippen molar-refractivity contribution in [3.8, 4) is 0 Å². The standard InChI is InChI=1S/C21H23F2N4P/c1-2-19-24-18-9-4-3-8-17(18)20(25-19)27-12-10-26(11-13-27)16-7-5-6-15(14-16)21(22,23)28/h3-9,14H,2,10-13,28H2,1H3. The van der Waals surface area contributed by atoms with Gasteiger partial charge in [0.15, 0.2) is 0 Å². The van der Waals surface area contributed by atoms with Crippen LogP contribution in [-0.4, -0.2) is 36.1 Å². The van der Waals surface area contributed by atoms with Gasteiger partial charge in [-0.05, 0) is 24.3 Å². The van der Waals surface area contributed by atoms with Crippen LogP contribution in [0.15, 0.2) is 48.5 Å². The largest absolute Gasteiger partial charge is 0.368 e. The normalized spacial score (nSPS) is 15.3. The number of halogens is 2. The van der Waals surface area contributed by atoms with Crippen molar-refractivity contribution in [3.63, 3.8) is 0 Å². The molecule has 0 spiro atoms. The minimum absolute atomic E-state index is 0.0202. The van der Waals surface area contributed by atoms with Crippen molar-refractivity contribution in [1.29, 1.82) is 0 Å². The summed E-state index contributed by atoms with van der Waals surface area (Å²) >= 11 is 0. The quantitative estimate of drug-likeness (QED) is 0.606. The molecule has 1 aliphatic rings. The second-order valence-electron chi connectivity index (χ2n) is 6.98. The summed E-state index contributed by atoms with van der Waals surface area (Å²) in [5.74, 6) is 1.80. The number of aromatic nitrogens is 2. The molecule has 0 saturated carbocycles. The molecule has 1 aromatic heterocycles. The van der Waals surface area contributed by atoms with Gasteiger partial charge in [-0.25, -0.2) is 9.97 Å². The van der Waals surface area contributed by atoms with E-state index in [9.17, 15) is 8.78 Å². The zero-order valence-electron chi connectivity index (χ0n) is 15.8. The van der Waals surface area contributed by atoms with E-state index in [1.54, 1.807) is 21.4 Å². The van der Waals surface area contributed by atoms with E-state index < -0.39 is 5.66 Å². The van der Waals surface area contributed by atoms with Crippen molar-refractivity contribution >= 4 is 31.6 Å². The molecule has 146 valence electrons. The molecule has 1 saturated heterocycles. The molecule has 1 fully saturated rings. The Kier molecular flexibility index (Phi) is 5.15. The molecule has 0 radical (unpaired) electrons. The zero-order chi connectivity index (χ0) is 19.7. The van der Waals surface area contributed by atoms with E-state index in [0.717, 1.165) is 60.8 Å². The van der Waals surface area contributed by atoms with E-state index in [4.69, 9.17) is 4.98 Å². The lowest BCUT2D eigenvalue weighted by Crippen LogP contribution is -2.47. The number of para-hydroxylation sites is 1. The maximum absolute atomic E-state index is 13.6. The van der Waals surface area contributed by atoms with Gasteiger partial charge in [0.05, 0.1) is 5.52 Å². The van der Waals surface area contributed by atoms with Crippen LogP contribution in [0.1, 0.15) is 18.3 Å². The highest BCUT2D eigenvalue weighted by Crippen LogP contribution is 2.36. The second kappa shape index (κ2) is 7.59. The van der Waals surface area contributed by atoms with Crippen molar-refractivity contribution in [2.45, 2.75) is 19.0 Å². The maximum atomic E-state index is 13.6. The first-order valence-electron chi connectivity index (χ1n) is 9.48. The number of anilines is 2. The Labute approximate surface area is 165 Å². The van der Waals surface area contributed by atoms with Gasteiger partial charge in [-0.1, -0.05) is 40.4 Å². The molecule has 7 heteroatoms. The summed E-state index contributed by atoms with van der Waals surface area (Å²) in [4.78, 5) is 13.8. The van der Waals surface area contributed by atoms with Crippen LogP contribution in [0.25, 0.3) is 10.9 Å². The van der Waals surface area contributed by atoms with Crippen LogP contribution in [-0.2, 0) is 12.1 Å². The Balaban J connectivity index is 1.56. The van der Waals surface area contributed by atoms with Crippen molar-refractivity contribution in [1.82, 2.24) is 9.97 Å². The lowest BCUT2D eigenvalue weighted by atomic mass is 10.1. The average Bonchev–Trinajstić information content (AvgIpc) is 2.72. The van der Waals surface area contributed by atoms with Gasteiger partial charge in [-0.3, -0.25) is 0 Å². The number of alkyl halides is 2. The molecule has 1 unspecified atom stereocenters. The fourth-order valence-corrected chi connectivity index (χ4v) is 3.77. The summed E-state index contributed by atoms with van der Waals surface area (Å²) in [5.41, 5.74) is -1.09. The third-order valence-corrected chi connectivity index (χ3v) is 5.45. The molecule has 2 aromatic carbocycles. The molecular formula is C21H23F2N4P. The Morgan fingerprint density at radius 3 is 2.39 bits per heavy atom. The number of piperazine rings is 1. The topological polar surface area (TPSA) is 32.3 Å². The van der Waals surface area contributed by atoms with E-state index in [-0.39, 0.29) is 5.56 Å². The van der Waals surface area contributed by atoms with E-state index >= 15 is 0 Å². The van der Waals surface area contributed by atoms with Gasteiger partial charge in [0.2, 0.25) is 0 Å². The van der Waals surface area contributed by atoms with Crippen LogP contribution in [0.4, 0.5) is 20.3 Å². The molecule has 1 atom stereocenters. The third kappa shape index (κ3) is 3.79. The lowest BCUT2D eigenvalue weighted by molar-refractivity contribution is 0.104. The van der Waals surface area contributed by atoms with Crippen LogP contribution in [0, 0.1) is 0 Å². The number of aryl methyl sites for hydroxylation is 1. The molecule has 0 aliphatic carbocycles. The number of nitrogens with zero attached hydrogens (tertiary/aromatic N) is 4. The SMILES string of the molecule is CCc1nc(N2CCN(c3cccc(C(F)(F)P)c3)CC2)c2ccccc2n1. The number of hydrogen-bond acceptors (Lipinski definition) is 4. The Bertz CT molecular complexity index is 982. The Hall–Kier alpha value is -2.33. The van der Waals surface area contributed by atoms with Gasteiger partial charge in [0.25, 0.3) is 5.66 Å².